The third-order valence-electron chi connectivity index (χ3n) is 10.0. The van der Waals surface area contributed by atoms with Gasteiger partial charge in [0.25, 0.3) is 0 Å². The predicted octanol–water partition coefficient (Wildman–Crippen LogP) is 7.16. The van der Waals surface area contributed by atoms with Gasteiger partial charge in [0.05, 0.1) is 0 Å². The minimum Gasteiger partial charge on any atom is -0.150 e. The maximum atomic E-state index is 2.27. The molecule has 8 aromatic carbocycles. The number of hydrogen-bond acceptors (Lipinski definition) is 0. The van der Waals surface area contributed by atoms with Gasteiger partial charge in [-0.2, -0.15) is 0 Å². The first-order valence-corrected chi connectivity index (χ1v) is 19.5. The van der Waals surface area contributed by atoms with Gasteiger partial charge >= 0.3 is 59.5 Å². The van der Waals surface area contributed by atoms with Crippen molar-refractivity contribution in [2.75, 3.05) is 0 Å². The predicted molar refractivity (Wildman–Crippen MR) is 215 cm³/mol. The first kappa shape index (κ1) is 40.1. The summed E-state index contributed by atoms with van der Waals surface area (Å²) in [5, 5.41) is 5.32. The van der Waals surface area contributed by atoms with Crippen LogP contribution in [0.15, 0.2) is 194 Å². The average molecular weight is 807 g/mol. The van der Waals surface area contributed by atoms with E-state index in [-0.39, 0.29) is 36.6 Å². The molecule has 0 spiro atoms. The number of benzene rings is 6. The zero-order valence-electron chi connectivity index (χ0n) is 29.9. The molecule has 0 aliphatic heterocycles. The van der Waals surface area contributed by atoms with Crippen molar-refractivity contribution in [3.05, 3.63) is 228 Å². The van der Waals surface area contributed by atoms with Crippen molar-refractivity contribution >= 4 is 24.8 Å². The first-order chi connectivity index (χ1) is 25.3. The molecule has 0 atom stereocenters. The summed E-state index contributed by atoms with van der Waals surface area (Å²) in [7, 11) is 0. The molecule has 0 nitrogen and oxygen atoms in total. The molecule has 3 heteroatoms. The second kappa shape index (κ2) is 20.4. The van der Waals surface area contributed by atoms with Crippen LogP contribution in [0.25, 0.3) is 21.5 Å². The summed E-state index contributed by atoms with van der Waals surface area (Å²) >= 11 is 1.69. The molecule has 0 saturated heterocycles. The van der Waals surface area contributed by atoms with Crippen LogP contribution >= 0.6 is 0 Å². The summed E-state index contributed by atoms with van der Waals surface area (Å²) in [6.07, 6.45) is 7.32. The second-order valence-electron chi connectivity index (χ2n) is 13.4. The molecule has 0 aromatic heterocycles. The molecule has 1 aliphatic rings. The molecule has 1 fully saturated rings. The van der Waals surface area contributed by atoms with Crippen molar-refractivity contribution in [2.24, 2.45) is 0 Å². The summed E-state index contributed by atoms with van der Waals surface area (Å²) < 4.78 is 1.80. The van der Waals surface area contributed by atoms with E-state index >= 15 is 0 Å². The van der Waals surface area contributed by atoms with Crippen LogP contribution in [0.1, 0.15) is 77.3 Å². The van der Waals surface area contributed by atoms with E-state index in [0.29, 0.717) is 0 Å². The largest absolute Gasteiger partial charge is 0.150 e. The van der Waals surface area contributed by atoms with Crippen LogP contribution in [0, 0.1) is 0 Å². The van der Waals surface area contributed by atoms with Gasteiger partial charge < -0.3 is 24.8 Å². The van der Waals surface area contributed by atoms with Crippen LogP contribution in [0.3, 0.4) is 0 Å². The van der Waals surface area contributed by atoms with Crippen LogP contribution < -0.4 is 24.8 Å². The average Bonchev–Trinajstić information content (AvgIpc) is 3.83. The van der Waals surface area contributed by atoms with Crippen LogP contribution in [0.2, 0.25) is 0 Å². The van der Waals surface area contributed by atoms with E-state index in [0.717, 1.165) is 0 Å². The van der Waals surface area contributed by atoms with Crippen molar-refractivity contribution in [3.63, 3.8) is 0 Å². The fourth-order valence-corrected chi connectivity index (χ4v) is 8.39. The van der Waals surface area contributed by atoms with Crippen molar-refractivity contribution in [1.82, 2.24) is 0 Å². The Bertz CT molecular complexity index is 2010. The van der Waals surface area contributed by atoms with Crippen molar-refractivity contribution in [2.45, 2.75) is 43.9 Å². The molecule has 1 saturated carbocycles. The van der Waals surface area contributed by atoms with E-state index in [1.165, 1.54) is 87.0 Å². The Kier molecular flexibility index (Phi) is 15.4. The number of hydrogen-bond donors (Lipinski definition) is 0. The summed E-state index contributed by atoms with van der Waals surface area (Å²) in [6.45, 7) is 0. The molecule has 0 heterocycles. The number of rotatable bonds is 6. The SMILES string of the molecule is [Cl-].[Cl-].[Zr+2]=[C]1CCCCC1.c1ccc(C(c2ccccc2)c2c[cH-]c3ccccc23)cc1.c1ccc(C(c2ccccc2)c2c[cH-]c3ccccc23)cc1. The Morgan fingerprint density at radius 2 is 0.679 bits per heavy atom. The Hall–Kier alpha value is -4.13. The fourth-order valence-electron chi connectivity index (χ4n) is 7.52. The van der Waals surface area contributed by atoms with E-state index in [9.17, 15) is 0 Å². The van der Waals surface area contributed by atoms with Gasteiger partial charge in [-0.05, 0) is 34.1 Å². The van der Waals surface area contributed by atoms with Gasteiger partial charge in [-0.15, -0.1) is 93.3 Å². The molecule has 0 radical (unpaired) electrons. The summed E-state index contributed by atoms with van der Waals surface area (Å²) in [5.41, 5.74) is 8.12. The molecular formula is C50H44Cl2Zr-2. The van der Waals surface area contributed by atoms with Crippen LogP contribution in [0.5, 0.6) is 0 Å². The van der Waals surface area contributed by atoms with Crippen molar-refractivity contribution in [3.8, 4) is 0 Å². The van der Waals surface area contributed by atoms with E-state index in [2.05, 4.69) is 194 Å². The van der Waals surface area contributed by atoms with Crippen LogP contribution in [0.4, 0.5) is 0 Å². The minimum atomic E-state index is 0. The topological polar surface area (TPSA) is 0 Å². The van der Waals surface area contributed by atoms with Gasteiger partial charge in [0.2, 0.25) is 0 Å². The minimum absolute atomic E-state index is 0. The molecule has 264 valence electrons. The molecule has 8 aromatic rings. The Balaban J connectivity index is 0.000000168. The second-order valence-corrected chi connectivity index (χ2v) is 15.2. The Labute approximate surface area is 342 Å². The smallest absolute Gasteiger partial charge is 0.00686 e. The molecule has 0 amide bonds. The van der Waals surface area contributed by atoms with E-state index in [4.69, 9.17) is 0 Å². The van der Waals surface area contributed by atoms with E-state index < -0.39 is 0 Å². The monoisotopic (exact) mass is 804 g/mol. The van der Waals surface area contributed by atoms with Gasteiger partial charge in [0, 0.05) is 0 Å². The zero-order valence-corrected chi connectivity index (χ0v) is 33.9. The Morgan fingerprint density at radius 3 is 0.981 bits per heavy atom. The number of fused-ring (bicyclic) bond motifs is 2. The van der Waals surface area contributed by atoms with Crippen molar-refractivity contribution < 1.29 is 49.0 Å². The van der Waals surface area contributed by atoms with E-state index in [1.807, 2.05) is 0 Å². The third-order valence-corrected chi connectivity index (χ3v) is 11.3. The first-order valence-electron chi connectivity index (χ1n) is 18.3. The molecule has 9 rings (SSSR count). The quantitative estimate of drug-likeness (QED) is 0.157. The van der Waals surface area contributed by atoms with Gasteiger partial charge in [-0.3, -0.25) is 0 Å². The van der Waals surface area contributed by atoms with Crippen LogP contribution in [-0.2, 0) is 24.2 Å². The van der Waals surface area contributed by atoms with Gasteiger partial charge in [0.1, 0.15) is 0 Å². The molecule has 0 bridgehead atoms. The van der Waals surface area contributed by atoms with Gasteiger partial charge in [0.15, 0.2) is 0 Å². The van der Waals surface area contributed by atoms with Crippen molar-refractivity contribution in [1.29, 1.82) is 0 Å². The molecule has 0 N–H and O–H groups in total. The molecule has 1 aliphatic carbocycles. The Morgan fingerprint density at radius 1 is 0.377 bits per heavy atom. The maximum absolute atomic E-state index is 2.27. The standard InChI is InChI=1S/2C22H17.C6H10.2ClH.Zr/c2*1-3-10-18(11-4-1)22(19-12-5-2-6-13-19)21-16-15-17-9-7-8-14-20(17)21;1-2-4-6-5-3-1;;;/h2*1-16,22H;1-5H2;2*1H;/q2*-1;;;;+2/p-2. The molecular weight excluding hydrogens is 763 g/mol. The summed E-state index contributed by atoms with van der Waals surface area (Å²) in [4.78, 5) is 0. The fraction of sp³-hybridized carbons (Fsp3) is 0.140. The molecule has 53 heavy (non-hydrogen) atoms. The number of halogens is 2. The summed E-state index contributed by atoms with van der Waals surface area (Å²) in [6, 6.07) is 69.3. The summed E-state index contributed by atoms with van der Waals surface area (Å²) in [5.74, 6) is 0.560. The van der Waals surface area contributed by atoms with Gasteiger partial charge in [-0.1, -0.05) is 133 Å². The van der Waals surface area contributed by atoms with E-state index in [1.54, 1.807) is 27.4 Å². The molecule has 0 unspecified atom stereocenters. The van der Waals surface area contributed by atoms with Crippen LogP contribution in [-0.4, -0.2) is 3.21 Å². The zero-order chi connectivity index (χ0) is 34.7. The normalized spacial score (nSPS) is 12.3. The maximum Gasteiger partial charge on any atom is -0.00686 e. The van der Waals surface area contributed by atoms with Gasteiger partial charge in [-0.25, -0.2) is 0 Å². The third kappa shape index (κ3) is 10.1.